The molecule has 1 aromatic heterocycles. The van der Waals surface area contributed by atoms with Crippen LogP contribution in [0.4, 0.5) is 0 Å². The van der Waals surface area contributed by atoms with Gasteiger partial charge in [-0.2, -0.15) is 0 Å². The quantitative estimate of drug-likeness (QED) is 0.831. The Morgan fingerprint density at radius 1 is 1.19 bits per heavy atom. The van der Waals surface area contributed by atoms with Crippen LogP contribution in [0.3, 0.4) is 0 Å². The highest BCUT2D eigenvalue weighted by Crippen LogP contribution is 2.22. The summed E-state index contributed by atoms with van der Waals surface area (Å²) in [5, 5.41) is 10.7. The minimum absolute atomic E-state index is 0.0905. The minimum Gasteiger partial charge on any atom is -0.494 e. The molecule has 0 spiro atoms. The number of thiophene rings is 1. The zero-order valence-electron chi connectivity index (χ0n) is 12.0. The number of ether oxygens (including phenoxy) is 2. The second-order valence-electron chi connectivity index (χ2n) is 4.23. The summed E-state index contributed by atoms with van der Waals surface area (Å²) in [5.74, 6) is 7.58. The van der Waals surface area contributed by atoms with Crippen LogP contribution in [0.15, 0.2) is 35.7 Å². The second kappa shape index (κ2) is 8.35. The molecule has 2 rings (SSSR count). The number of rotatable bonds is 6. The molecule has 1 heterocycles. The first-order chi connectivity index (χ1) is 10.3. The van der Waals surface area contributed by atoms with Gasteiger partial charge in [0, 0.05) is 18.1 Å². The molecule has 0 radical (unpaired) electrons. The molecule has 1 aromatic carbocycles. The lowest BCUT2D eigenvalue weighted by Crippen LogP contribution is -1.96. The van der Waals surface area contributed by atoms with Crippen LogP contribution in [-0.2, 0) is 6.61 Å². The van der Waals surface area contributed by atoms with Crippen molar-refractivity contribution in [3.05, 3.63) is 46.2 Å². The van der Waals surface area contributed by atoms with E-state index in [0.717, 1.165) is 21.9 Å². The van der Waals surface area contributed by atoms with Crippen molar-refractivity contribution in [1.82, 2.24) is 0 Å². The van der Waals surface area contributed by atoms with Crippen molar-refractivity contribution in [3.8, 4) is 23.3 Å². The fourth-order valence-electron chi connectivity index (χ4n) is 1.75. The van der Waals surface area contributed by atoms with Crippen LogP contribution in [0, 0.1) is 11.8 Å². The lowest BCUT2D eigenvalue weighted by molar-refractivity contribution is 0.302. The maximum atomic E-state index is 8.75. The molecule has 2 aromatic rings. The first-order valence-electron chi connectivity index (χ1n) is 6.85. The molecule has 0 amide bonds. The Balaban J connectivity index is 1.99. The van der Waals surface area contributed by atoms with E-state index in [0.29, 0.717) is 19.6 Å². The maximum Gasteiger partial charge on any atom is 0.124 e. The van der Waals surface area contributed by atoms with E-state index in [4.69, 9.17) is 14.6 Å². The van der Waals surface area contributed by atoms with E-state index in [-0.39, 0.29) is 6.61 Å². The molecule has 0 bridgehead atoms. The Morgan fingerprint density at radius 2 is 2.00 bits per heavy atom. The number of aliphatic hydroxyl groups is 1. The van der Waals surface area contributed by atoms with Gasteiger partial charge in [-0.25, -0.2) is 0 Å². The Kier molecular flexibility index (Phi) is 6.14. The minimum atomic E-state index is 0.0905. The number of hydrogen-bond acceptors (Lipinski definition) is 4. The van der Waals surface area contributed by atoms with Gasteiger partial charge >= 0.3 is 0 Å². The van der Waals surface area contributed by atoms with Gasteiger partial charge < -0.3 is 14.6 Å². The third kappa shape index (κ3) is 4.82. The second-order valence-corrected chi connectivity index (χ2v) is 5.23. The number of aliphatic hydroxyl groups excluding tert-OH is 1. The average molecular weight is 302 g/mol. The largest absolute Gasteiger partial charge is 0.494 e. The predicted octanol–water partition coefficient (Wildman–Crippen LogP) is 3.46. The lowest BCUT2D eigenvalue weighted by Gasteiger charge is -2.08. The lowest BCUT2D eigenvalue weighted by atomic mass is 10.2. The number of benzene rings is 1. The summed E-state index contributed by atoms with van der Waals surface area (Å²) >= 11 is 1.62. The summed E-state index contributed by atoms with van der Waals surface area (Å²) in [7, 11) is 0. The molecule has 0 saturated heterocycles. The average Bonchev–Trinajstić information content (AvgIpc) is 2.94. The smallest absolute Gasteiger partial charge is 0.124 e. The van der Waals surface area contributed by atoms with E-state index < -0.39 is 0 Å². The van der Waals surface area contributed by atoms with Crippen LogP contribution in [0.1, 0.15) is 23.8 Å². The summed E-state index contributed by atoms with van der Waals surface area (Å²) in [4.78, 5) is 1.09. The van der Waals surface area contributed by atoms with E-state index in [9.17, 15) is 0 Å². The van der Waals surface area contributed by atoms with Gasteiger partial charge in [0.05, 0.1) is 18.1 Å². The van der Waals surface area contributed by atoms with Crippen molar-refractivity contribution >= 4 is 11.3 Å². The number of hydrogen-bond donors (Lipinski definition) is 1. The molecule has 21 heavy (non-hydrogen) atoms. The molecular formula is C17H18O3S. The fraction of sp³-hybridized carbons (Fsp3) is 0.294. The summed E-state index contributed by atoms with van der Waals surface area (Å²) < 4.78 is 11.2. The molecule has 4 heteroatoms. The monoisotopic (exact) mass is 302 g/mol. The summed E-state index contributed by atoms with van der Waals surface area (Å²) in [6, 6.07) is 9.59. The van der Waals surface area contributed by atoms with Gasteiger partial charge in [-0.15, -0.1) is 11.3 Å². The van der Waals surface area contributed by atoms with Crippen molar-refractivity contribution in [1.29, 1.82) is 0 Å². The first kappa shape index (κ1) is 15.4. The van der Waals surface area contributed by atoms with Crippen molar-refractivity contribution in [2.75, 3.05) is 13.2 Å². The topological polar surface area (TPSA) is 38.7 Å². The molecular weight excluding hydrogens is 284 g/mol. The van der Waals surface area contributed by atoms with E-state index in [1.807, 2.05) is 42.6 Å². The molecule has 0 aliphatic heterocycles. The Labute approximate surface area is 129 Å². The van der Waals surface area contributed by atoms with Crippen molar-refractivity contribution in [2.24, 2.45) is 0 Å². The van der Waals surface area contributed by atoms with Crippen molar-refractivity contribution in [3.63, 3.8) is 0 Å². The van der Waals surface area contributed by atoms with E-state index in [1.165, 1.54) is 0 Å². The Morgan fingerprint density at radius 3 is 2.76 bits per heavy atom. The van der Waals surface area contributed by atoms with Crippen LogP contribution in [0.25, 0.3) is 0 Å². The maximum absolute atomic E-state index is 8.75. The Bertz CT molecular complexity index is 622. The molecule has 0 atom stereocenters. The highest BCUT2D eigenvalue weighted by Gasteiger charge is 2.04. The predicted molar refractivity (Wildman–Crippen MR) is 84.8 cm³/mol. The van der Waals surface area contributed by atoms with E-state index >= 15 is 0 Å². The molecule has 0 aliphatic rings. The van der Waals surface area contributed by atoms with Gasteiger partial charge in [-0.1, -0.05) is 17.9 Å². The van der Waals surface area contributed by atoms with Crippen molar-refractivity contribution < 1.29 is 14.6 Å². The van der Waals surface area contributed by atoms with Gasteiger partial charge in [-0.05, 0) is 30.5 Å². The third-order valence-corrected chi connectivity index (χ3v) is 3.59. The van der Waals surface area contributed by atoms with Crippen molar-refractivity contribution in [2.45, 2.75) is 20.0 Å². The standard InChI is InChI=1S/C17H18O3S/c1-2-19-15-7-5-8-16(12-15)20-13-17-14(9-11-21-17)6-3-4-10-18/h5,7-9,11-12,18H,2,4,10,13H2,1H3. The van der Waals surface area contributed by atoms with E-state index in [2.05, 4.69) is 11.8 Å². The van der Waals surface area contributed by atoms with E-state index in [1.54, 1.807) is 11.3 Å². The summed E-state index contributed by atoms with van der Waals surface area (Å²) in [5.41, 5.74) is 0.967. The van der Waals surface area contributed by atoms with Crippen LogP contribution >= 0.6 is 11.3 Å². The molecule has 3 nitrogen and oxygen atoms in total. The van der Waals surface area contributed by atoms with Crippen LogP contribution in [0.2, 0.25) is 0 Å². The highest BCUT2D eigenvalue weighted by atomic mass is 32.1. The first-order valence-corrected chi connectivity index (χ1v) is 7.73. The molecule has 110 valence electrons. The SMILES string of the molecule is CCOc1cccc(OCc2sccc2C#CCCO)c1. The molecule has 0 fully saturated rings. The third-order valence-electron chi connectivity index (χ3n) is 2.69. The normalized spacial score (nSPS) is 9.81. The zero-order chi connectivity index (χ0) is 14.9. The van der Waals surface area contributed by atoms with Crippen LogP contribution in [-0.4, -0.2) is 18.3 Å². The van der Waals surface area contributed by atoms with Gasteiger partial charge in [0.15, 0.2) is 0 Å². The molecule has 0 aliphatic carbocycles. The van der Waals surface area contributed by atoms with Crippen LogP contribution < -0.4 is 9.47 Å². The zero-order valence-corrected chi connectivity index (χ0v) is 12.8. The molecule has 1 N–H and O–H groups in total. The Hall–Kier alpha value is -1.96. The van der Waals surface area contributed by atoms with Gasteiger partial charge in [-0.3, -0.25) is 0 Å². The molecule has 0 unspecified atom stereocenters. The highest BCUT2D eigenvalue weighted by molar-refractivity contribution is 7.10. The van der Waals surface area contributed by atoms with Gasteiger partial charge in [0.2, 0.25) is 0 Å². The van der Waals surface area contributed by atoms with Gasteiger partial charge in [0.1, 0.15) is 18.1 Å². The summed E-state index contributed by atoms with van der Waals surface area (Å²) in [6.07, 6.45) is 0.493. The fourth-order valence-corrected chi connectivity index (χ4v) is 2.49. The van der Waals surface area contributed by atoms with Crippen LogP contribution in [0.5, 0.6) is 11.5 Å². The van der Waals surface area contributed by atoms with Gasteiger partial charge in [0.25, 0.3) is 0 Å². The summed E-state index contributed by atoms with van der Waals surface area (Å²) in [6.45, 7) is 3.17. The molecule has 0 saturated carbocycles.